The molecular weight excluding hydrogens is 287 g/mol. The third-order valence-corrected chi connectivity index (χ3v) is 2.64. The molecule has 0 spiro atoms. The van der Waals surface area contributed by atoms with Gasteiger partial charge in [0, 0.05) is 24.8 Å². The molecule has 0 bridgehead atoms. The van der Waals surface area contributed by atoms with Crippen LogP contribution in [0.5, 0.6) is 0 Å². The fraction of sp³-hybridized carbons (Fsp3) is 0.385. The number of carbonyl (C=O) groups excluding carboxylic acids is 2. The molecule has 2 amide bonds. The Morgan fingerprint density at radius 2 is 1.86 bits per heavy atom. The number of halogens is 3. The third kappa shape index (κ3) is 4.66. The fourth-order valence-electron chi connectivity index (χ4n) is 1.66. The minimum atomic E-state index is -4.58. The maximum absolute atomic E-state index is 12.9. The molecule has 0 fully saturated rings. The van der Waals surface area contributed by atoms with Crippen LogP contribution in [0.15, 0.2) is 18.2 Å². The van der Waals surface area contributed by atoms with Gasteiger partial charge in [-0.15, -0.1) is 0 Å². The smallest absolute Gasteiger partial charge is 0.388 e. The first-order chi connectivity index (χ1) is 9.79. The summed E-state index contributed by atoms with van der Waals surface area (Å²) in [4.78, 5) is 22.9. The van der Waals surface area contributed by atoms with Crippen molar-refractivity contribution in [3.63, 3.8) is 0 Å². The van der Waals surface area contributed by atoms with Crippen LogP contribution >= 0.6 is 0 Å². The molecule has 3 N–H and O–H groups in total. The van der Waals surface area contributed by atoms with E-state index in [4.69, 9.17) is 0 Å². The van der Waals surface area contributed by atoms with Crippen molar-refractivity contribution in [2.75, 3.05) is 25.5 Å². The molecule has 8 heteroatoms. The number of likely N-dealkylation sites (N-methyl/N-ethyl adjacent to an activating group) is 1. The predicted octanol–water partition coefficient (Wildman–Crippen LogP) is 1.61. The molecule has 0 aromatic heterocycles. The minimum absolute atomic E-state index is 0.122. The molecule has 0 saturated heterocycles. The van der Waals surface area contributed by atoms with Crippen LogP contribution in [0.4, 0.5) is 18.9 Å². The molecule has 0 aliphatic carbocycles. The van der Waals surface area contributed by atoms with Gasteiger partial charge < -0.3 is 16.0 Å². The average Bonchev–Trinajstić information content (AvgIpc) is 2.43. The fourth-order valence-corrected chi connectivity index (χ4v) is 1.66. The number of alkyl halides is 3. The maximum atomic E-state index is 12.9. The van der Waals surface area contributed by atoms with E-state index in [1.54, 1.807) is 6.92 Å². The lowest BCUT2D eigenvalue weighted by atomic mass is 10.1. The summed E-state index contributed by atoms with van der Waals surface area (Å²) in [6.45, 7) is 1.83. The van der Waals surface area contributed by atoms with E-state index < -0.39 is 23.6 Å². The van der Waals surface area contributed by atoms with Gasteiger partial charge in [-0.2, -0.15) is 13.2 Å². The first kappa shape index (κ1) is 16.8. The van der Waals surface area contributed by atoms with Crippen molar-refractivity contribution in [3.05, 3.63) is 29.3 Å². The van der Waals surface area contributed by atoms with Crippen LogP contribution in [-0.2, 0) is 11.0 Å². The Labute approximate surface area is 119 Å². The van der Waals surface area contributed by atoms with Crippen molar-refractivity contribution in [2.24, 2.45) is 0 Å². The normalized spacial score (nSPS) is 10.9. The van der Waals surface area contributed by atoms with Crippen LogP contribution in [0, 0.1) is 0 Å². The summed E-state index contributed by atoms with van der Waals surface area (Å²) in [6.07, 6.45) is -4.58. The first-order valence-electron chi connectivity index (χ1n) is 6.23. The largest absolute Gasteiger partial charge is 0.418 e. The number of nitrogens with one attached hydrogen (secondary N) is 3. The summed E-state index contributed by atoms with van der Waals surface area (Å²) >= 11 is 0. The van der Waals surface area contributed by atoms with Crippen molar-refractivity contribution >= 4 is 17.5 Å². The van der Waals surface area contributed by atoms with E-state index in [1.165, 1.54) is 19.2 Å². The van der Waals surface area contributed by atoms with Gasteiger partial charge in [-0.05, 0) is 25.1 Å². The van der Waals surface area contributed by atoms with Gasteiger partial charge in [0.15, 0.2) is 0 Å². The van der Waals surface area contributed by atoms with E-state index in [2.05, 4.69) is 16.0 Å². The van der Waals surface area contributed by atoms with Crippen LogP contribution in [0.2, 0.25) is 0 Å². The van der Waals surface area contributed by atoms with E-state index in [0.29, 0.717) is 6.54 Å². The van der Waals surface area contributed by atoms with Crippen molar-refractivity contribution < 1.29 is 22.8 Å². The lowest BCUT2D eigenvalue weighted by molar-refractivity contribution is -0.137. The lowest BCUT2D eigenvalue weighted by Gasteiger charge is -2.14. The van der Waals surface area contributed by atoms with Crippen molar-refractivity contribution in [1.29, 1.82) is 0 Å². The molecule has 1 aromatic rings. The number of rotatable bonds is 5. The van der Waals surface area contributed by atoms with Gasteiger partial charge in [0.2, 0.25) is 5.91 Å². The lowest BCUT2D eigenvalue weighted by Crippen LogP contribution is -2.36. The minimum Gasteiger partial charge on any atom is -0.388 e. The molecule has 21 heavy (non-hydrogen) atoms. The second-order valence-electron chi connectivity index (χ2n) is 4.14. The number of benzene rings is 1. The van der Waals surface area contributed by atoms with Gasteiger partial charge in [-0.3, -0.25) is 9.59 Å². The van der Waals surface area contributed by atoms with Crippen molar-refractivity contribution in [1.82, 2.24) is 10.6 Å². The molecule has 116 valence electrons. The zero-order valence-electron chi connectivity index (χ0n) is 11.6. The number of hydrogen-bond donors (Lipinski definition) is 3. The number of hydrogen-bond acceptors (Lipinski definition) is 3. The van der Waals surface area contributed by atoms with Gasteiger partial charge in [0.05, 0.1) is 12.1 Å². The Hall–Kier alpha value is -2.25. The molecule has 0 aliphatic heterocycles. The van der Waals surface area contributed by atoms with Crippen molar-refractivity contribution in [2.45, 2.75) is 13.1 Å². The molecule has 5 nitrogen and oxygen atoms in total. The quantitative estimate of drug-likeness (QED) is 0.774. The second kappa shape index (κ2) is 6.96. The zero-order chi connectivity index (χ0) is 16.0. The van der Waals surface area contributed by atoms with E-state index in [0.717, 1.165) is 6.07 Å². The van der Waals surface area contributed by atoms with Crippen LogP contribution in [0.25, 0.3) is 0 Å². The molecule has 0 unspecified atom stereocenters. The molecular formula is C13H16F3N3O2. The Balaban J connectivity index is 2.89. The number of amides is 2. The number of anilines is 1. The summed E-state index contributed by atoms with van der Waals surface area (Å²) in [5.74, 6) is -1.15. The highest BCUT2D eigenvalue weighted by atomic mass is 19.4. The van der Waals surface area contributed by atoms with E-state index in [1.807, 2.05) is 0 Å². The molecule has 1 aromatic carbocycles. The van der Waals surface area contributed by atoms with E-state index >= 15 is 0 Å². The summed E-state index contributed by atoms with van der Waals surface area (Å²) in [6, 6.07) is 3.18. The van der Waals surface area contributed by atoms with Gasteiger partial charge in [-0.25, -0.2) is 0 Å². The molecule has 0 heterocycles. The third-order valence-electron chi connectivity index (χ3n) is 2.64. The summed E-state index contributed by atoms with van der Waals surface area (Å²) in [5.41, 5.74) is -1.22. The maximum Gasteiger partial charge on any atom is 0.418 e. The SMILES string of the molecule is CCNC(=O)CNC(=O)c1ccc(NC)c(C(F)(F)F)c1. The van der Waals surface area contributed by atoms with E-state index in [-0.39, 0.29) is 17.8 Å². The zero-order valence-corrected chi connectivity index (χ0v) is 11.6. The molecule has 0 radical (unpaired) electrons. The van der Waals surface area contributed by atoms with E-state index in [9.17, 15) is 22.8 Å². The van der Waals surface area contributed by atoms with Crippen LogP contribution in [0.3, 0.4) is 0 Å². The highest BCUT2D eigenvalue weighted by molar-refractivity contribution is 5.97. The Morgan fingerprint density at radius 3 is 2.38 bits per heavy atom. The van der Waals surface area contributed by atoms with Crippen LogP contribution in [0.1, 0.15) is 22.8 Å². The molecule has 0 atom stereocenters. The van der Waals surface area contributed by atoms with Gasteiger partial charge >= 0.3 is 6.18 Å². The second-order valence-corrected chi connectivity index (χ2v) is 4.14. The Morgan fingerprint density at radius 1 is 1.19 bits per heavy atom. The van der Waals surface area contributed by atoms with Crippen molar-refractivity contribution in [3.8, 4) is 0 Å². The summed E-state index contributed by atoms with van der Waals surface area (Å²) < 4.78 is 38.6. The average molecular weight is 303 g/mol. The molecule has 0 aliphatic rings. The van der Waals surface area contributed by atoms with Gasteiger partial charge in [0.1, 0.15) is 0 Å². The molecule has 0 saturated carbocycles. The monoisotopic (exact) mass is 303 g/mol. The molecule has 1 rings (SSSR count). The summed E-state index contributed by atoms with van der Waals surface area (Å²) in [7, 11) is 1.36. The predicted molar refractivity (Wildman–Crippen MR) is 72.0 cm³/mol. The first-order valence-corrected chi connectivity index (χ1v) is 6.23. The van der Waals surface area contributed by atoms with Crippen LogP contribution < -0.4 is 16.0 Å². The number of carbonyl (C=O) groups is 2. The Bertz CT molecular complexity index is 530. The topological polar surface area (TPSA) is 70.2 Å². The Kier molecular flexibility index (Phi) is 5.57. The highest BCUT2D eigenvalue weighted by Gasteiger charge is 2.34. The van der Waals surface area contributed by atoms with Crippen LogP contribution in [-0.4, -0.2) is 32.0 Å². The van der Waals surface area contributed by atoms with Gasteiger partial charge in [-0.1, -0.05) is 0 Å². The van der Waals surface area contributed by atoms with Gasteiger partial charge in [0.25, 0.3) is 5.91 Å². The highest BCUT2D eigenvalue weighted by Crippen LogP contribution is 2.35. The summed E-state index contributed by atoms with van der Waals surface area (Å²) in [5, 5.41) is 7.14. The standard InChI is InChI=1S/C13H16F3N3O2/c1-3-18-11(20)7-19-12(21)8-4-5-10(17-2)9(6-8)13(14,15)16/h4-6,17H,3,7H2,1-2H3,(H,18,20)(H,19,21).